The zero-order chi connectivity index (χ0) is 16.0. The third kappa shape index (κ3) is 2.53. The van der Waals surface area contributed by atoms with E-state index >= 15 is 0 Å². The highest BCUT2D eigenvalue weighted by atomic mass is 35.5. The van der Waals surface area contributed by atoms with Crippen molar-refractivity contribution in [3.63, 3.8) is 0 Å². The van der Waals surface area contributed by atoms with Crippen molar-refractivity contribution < 1.29 is 9.18 Å². The lowest BCUT2D eigenvalue weighted by atomic mass is 9.79. The summed E-state index contributed by atoms with van der Waals surface area (Å²) in [5.41, 5.74) is 3.71. The van der Waals surface area contributed by atoms with Gasteiger partial charge in [-0.25, -0.2) is 9.40 Å². The van der Waals surface area contributed by atoms with Crippen LogP contribution in [0.5, 0.6) is 0 Å². The van der Waals surface area contributed by atoms with E-state index in [0.717, 1.165) is 24.1 Å². The number of aryl methyl sites for hydroxylation is 1. The Labute approximate surface area is 138 Å². The van der Waals surface area contributed by atoms with Crippen LogP contribution in [0.15, 0.2) is 47.6 Å². The number of fused-ring (bicyclic) bond motifs is 3. The minimum atomic E-state index is -0.335. The van der Waals surface area contributed by atoms with Crippen LogP contribution in [-0.4, -0.2) is 11.6 Å². The van der Waals surface area contributed by atoms with Crippen LogP contribution in [0, 0.1) is 11.7 Å². The van der Waals surface area contributed by atoms with Gasteiger partial charge in [-0.15, -0.1) is 0 Å². The first kappa shape index (κ1) is 14.4. The van der Waals surface area contributed by atoms with Crippen LogP contribution in [0.4, 0.5) is 10.1 Å². The van der Waals surface area contributed by atoms with E-state index in [4.69, 9.17) is 11.6 Å². The molecule has 116 valence electrons. The van der Waals surface area contributed by atoms with Gasteiger partial charge < -0.3 is 0 Å². The van der Waals surface area contributed by atoms with Gasteiger partial charge in [-0.1, -0.05) is 17.7 Å². The van der Waals surface area contributed by atoms with Crippen LogP contribution in [0.3, 0.4) is 0 Å². The van der Waals surface area contributed by atoms with Crippen molar-refractivity contribution in [1.82, 2.24) is 0 Å². The summed E-state index contributed by atoms with van der Waals surface area (Å²) < 4.78 is 13.1. The Morgan fingerprint density at radius 3 is 2.74 bits per heavy atom. The summed E-state index contributed by atoms with van der Waals surface area (Å²) in [6, 6.07) is 11.6. The first-order valence-corrected chi connectivity index (χ1v) is 7.95. The molecule has 5 heteroatoms. The molecule has 23 heavy (non-hydrogen) atoms. The van der Waals surface area contributed by atoms with E-state index in [1.165, 1.54) is 22.7 Å². The Morgan fingerprint density at radius 2 is 1.96 bits per heavy atom. The standard InChI is InChI=1S/C18H14ClFN2O/c19-13-4-3-11-1-2-12-9-17(23)22(21-18(12)16(11)10-13)15-7-5-14(20)6-8-15/h3-8,10,12H,1-2,9H2. The highest BCUT2D eigenvalue weighted by Gasteiger charge is 2.34. The molecule has 4 rings (SSSR count). The summed E-state index contributed by atoms with van der Waals surface area (Å²) in [6.45, 7) is 0. The number of halogens is 2. The second kappa shape index (κ2) is 5.46. The average Bonchev–Trinajstić information content (AvgIpc) is 2.55. The van der Waals surface area contributed by atoms with E-state index in [2.05, 4.69) is 5.10 Å². The number of anilines is 1. The summed E-state index contributed by atoms with van der Waals surface area (Å²) in [5.74, 6) is -0.264. The first-order chi connectivity index (χ1) is 11.1. The lowest BCUT2D eigenvalue weighted by molar-refractivity contribution is -0.119. The maximum absolute atomic E-state index is 13.1. The Balaban J connectivity index is 1.81. The molecule has 0 spiro atoms. The molecule has 1 aliphatic carbocycles. The molecule has 2 aromatic rings. The summed E-state index contributed by atoms with van der Waals surface area (Å²) in [5, 5.41) is 6.63. The number of rotatable bonds is 1. The summed E-state index contributed by atoms with van der Waals surface area (Å²) >= 11 is 6.13. The van der Waals surface area contributed by atoms with Crippen molar-refractivity contribution >= 4 is 28.9 Å². The van der Waals surface area contributed by atoms with Gasteiger partial charge in [0.05, 0.1) is 11.4 Å². The Bertz CT molecular complexity index is 816. The number of benzene rings is 2. The summed E-state index contributed by atoms with van der Waals surface area (Å²) in [7, 11) is 0. The molecule has 0 fully saturated rings. The second-order valence-corrected chi connectivity index (χ2v) is 6.34. The van der Waals surface area contributed by atoms with E-state index in [1.54, 1.807) is 12.1 Å². The SMILES string of the molecule is O=C1CC2CCc3ccc(Cl)cc3C2=NN1c1ccc(F)cc1. The van der Waals surface area contributed by atoms with Gasteiger partial charge in [0.1, 0.15) is 5.82 Å². The minimum absolute atomic E-state index is 0.0594. The number of amides is 1. The molecule has 0 saturated carbocycles. The number of carbonyl (C=O) groups excluding carboxylic acids is 1. The molecular weight excluding hydrogens is 315 g/mol. The van der Waals surface area contributed by atoms with Crippen molar-refractivity contribution in [2.45, 2.75) is 19.3 Å². The molecule has 1 amide bonds. The van der Waals surface area contributed by atoms with Crippen molar-refractivity contribution in [2.75, 3.05) is 5.01 Å². The quantitative estimate of drug-likeness (QED) is 0.773. The van der Waals surface area contributed by atoms with Crippen LogP contribution < -0.4 is 5.01 Å². The molecule has 1 aliphatic heterocycles. The molecule has 0 radical (unpaired) electrons. The fourth-order valence-corrected chi connectivity index (χ4v) is 3.44. The van der Waals surface area contributed by atoms with Gasteiger partial charge in [0, 0.05) is 22.9 Å². The lowest BCUT2D eigenvalue weighted by Crippen LogP contribution is -2.39. The van der Waals surface area contributed by atoms with Gasteiger partial charge in [-0.05, 0) is 54.8 Å². The van der Waals surface area contributed by atoms with Crippen LogP contribution >= 0.6 is 11.6 Å². The number of carbonyl (C=O) groups is 1. The number of hydrogen-bond acceptors (Lipinski definition) is 2. The van der Waals surface area contributed by atoms with E-state index in [1.807, 2.05) is 18.2 Å². The van der Waals surface area contributed by atoms with E-state index < -0.39 is 0 Å². The first-order valence-electron chi connectivity index (χ1n) is 7.57. The average molecular weight is 329 g/mol. The van der Waals surface area contributed by atoms with Crippen molar-refractivity contribution in [1.29, 1.82) is 0 Å². The van der Waals surface area contributed by atoms with E-state index in [9.17, 15) is 9.18 Å². The third-order valence-electron chi connectivity index (χ3n) is 4.43. The molecule has 2 aliphatic rings. The van der Waals surface area contributed by atoms with E-state index in [0.29, 0.717) is 17.1 Å². The van der Waals surface area contributed by atoms with Gasteiger partial charge in [-0.2, -0.15) is 5.10 Å². The predicted molar refractivity (Wildman–Crippen MR) is 88.3 cm³/mol. The number of nitrogens with zero attached hydrogens (tertiary/aromatic N) is 2. The maximum Gasteiger partial charge on any atom is 0.248 e. The molecule has 1 atom stereocenters. The van der Waals surface area contributed by atoms with E-state index in [-0.39, 0.29) is 17.6 Å². The van der Waals surface area contributed by atoms with Crippen molar-refractivity contribution in [3.8, 4) is 0 Å². The molecule has 1 unspecified atom stereocenters. The second-order valence-electron chi connectivity index (χ2n) is 5.91. The van der Waals surface area contributed by atoms with Crippen molar-refractivity contribution in [3.05, 3.63) is 64.4 Å². The fraction of sp³-hybridized carbons (Fsp3) is 0.222. The third-order valence-corrected chi connectivity index (χ3v) is 4.67. The van der Waals surface area contributed by atoms with Gasteiger partial charge in [0.25, 0.3) is 0 Å². The van der Waals surface area contributed by atoms with Gasteiger partial charge in [0.15, 0.2) is 0 Å². The maximum atomic E-state index is 13.1. The summed E-state index contributed by atoms with van der Waals surface area (Å²) in [4.78, 5) is 12.4. The van der Waals surface area contributed by atoms with Crippen molar-refractivity contribution in [2.24, 2.45) is 11.0 Å². The molecule has 1 heterocycles. The summed E-state index contributed by atoms with van der Waals surface area (Å²) in [6.07, 6.45) is 2.26. The van der Waals surface area contributed by atoms with Gasteiger partial charge in [-0.3, -0.25) is 4.79 Å². The van der Waals surface area contributed by atoms with Gasteiger partial charge in [0.2, 0.25) is 5.91 Å². The largest absolute Gasteiger partial charge is 0.273 e. The van der Waals surface area contributed by atoms with Crippen LogP contribution in [0.1, 0.15) is 24.0 Å². The smallest absolute Gasteiger partial charge is 0.248 e. The molecule has 3 nitrogen and oxygen atoms in total. The zero-order valence-electron chi connectivity index (χ0n) is 12.3. The Kier molecular flexibility index (Phi) is 3.42. The highest BCUT2D eigenvalue weighted by Crippen LogP contribution is 2.34. The van der Waals surface area contributed by atoms with Crippen LogP contribution in [-0.2, 0) is 11.2 Å². The highest BCUT2D eigenvalue weighted by molar-refractivity contribution is 6.31. The van der Waals surface area contributed by atoms with Crippen LogP contribution in [0.2, 0.25) is 5.02 Å². The number of hydrogen-bond donors (Lipinski definition) is 0. The monoisotopic (exact) mass is 328 g/mol. The molecule has 0 bridgehead atoms. The fourth-order valence-electron chi connectivity index (χ4n) is 3.27. The molecule has 2 aromatic carbocycles. The topological polar surface area (TPSA) is 32.7 Å². The van der Waals surface area contributed by atoms with Crippen LogP contribution in [0.25, 0.3) is 0 Å². The number of hydrazone groups is 1. The normalized spacial score (nSPS) is 19.9. The predicted octanol–water partition coefficient (Wildman–Crippen LogP) is 4.18. The van der Waals surface area contributed by atoms with Gasteiger partial charge >= 0.3 is 0 Å². The molecule has 0 aromatic heterocycles. The Morgan fingerprint density at radius 1 is 1.17 bits per heavy atom. The zero-order valence-corrected chi connectivity index (χ0v) is 13.1. The molecular formula is C18H14ClFN2O. The molecule has 0 saturated heterocycles. The Hall–Kier alpha value is -2.20. The lowest BCUT2D eigenvalue weighted by Gasteiger charge is -2.33. The minimum Gasteiger partial charge on any atom is -0.273 e. The molecule has 0 N–H and O–H groups in total.